The van der Waals surface area contributed by atoms with Crippen LogP contribution in [0.5, 0.6) is 0 Å². The van der Waals surface area contributed by atoms with Crippen LogP contribution in [0.2, 0.25) is 11.1 Å². The number of fused-ring (bicyclic) bond motifs is 3. The summed E-state index contributed by atoms with van der Waals surface area (Å²) in [7, 11) is -2.12. The Morgan fingerprint density at radius 2 is 1.34 bits per heavy atom. The number of rotatable bonds is 5. The molecule has 0 saturated heterocycles. The summed E-state index contributed by atoms with van der Waals surface area (Å²) in [6, 6.07) is 25.3. The minimum atomic E-state index is -2.12. The van der Waals surface area contributed by atoms with Gasteiger partial charge in [-0.1, -0.05) is 144 Å². The monoisotopic (exact) mass is 482 g/mol. The highest BCUT2D eigenvalue weighted by Gasteiger charge is 2.59. The molecule has 2 fully saturated rings. The molecule has 3 aliphatic rings. The van der Waals surface area contributed by atoms with E-state index in [1.807, 2.05) is 0 Å². The van der Waals surface area contributed by atoms with Crippen molar-refractivity contribution in [3.63, 3.8) is 0 Å². The first-order valence-electron chi connectivity index (χ1n) is 14.6. The van der Waals surface area contributed by atoms with Crippen molar-refractivity contribution in [3.8, 4) is 0 Å². The fourth-order valence-corrected chi connectivity index (χ4v) is 15.3. The second-order valence-electron chi connectivity index (χ2n) is 11.6. The van der Waals surface area contributed by atoms with E-state index >= 15 is 0 Å². The third-order valence-corrected chi connectivity index (χ3v) is 15.7. The van der Waals surface area contributed by atoms with Crippen LogP contribution in [0.1, 0.15) is 112 Å². The Balaban J connectivity index is 1.61. The quantitative estimate of drug-likeness (QED) is 0.329. The van der Waals surface area contributed by atoms with E-state index in [2.05, 4.69) is 73.7 Å². The fourth-order valence-electron chi connectivity index (χ4n) is 8.23. The standard InChI is InChI=1S/C33H42OSi/c1-2-14-31-30-24-23-25-15-12-13-22-29(25)32(30)33(26-16-6-3-7-17-26)34-35(31,27-18-8-4-9-19-27)28-20-10-5-11-21-28/h3,6-7,12-13,15-17,22-24,27-28,31,33H,2,4-5,8-11,14,18-21H2,1H3/t31-,33+/m0/s1. The molecule has 6 rings (SSSR count). The van der Waals surface area contributed by atoms with Gasteiger partial charge in [0.15, 0.2) is 0 Å². The van der Waals surface area contributed by atoms with Gasteiger partial charge < -0.3 is 4.43 Å². The lowest BCUT2D eigenvalue weighted by molar-refractivity contribution is 0.181. The normalized spacial score (nSPS) is 25.4. The zero-order chi connectivity index (χ0) is 23.7. The van der Waals surface area contributed by atoms with Crippen molar-refractivity contribution in [1.29, 1.82) is 0 Å². The summed E-state index contributed by atoms with van der Waals surface area (Å²) in [4.78, 5) is 0. The van der Waals surface area contributed by atoms with Crippen molar-refractivity contribution in [2.24, 2.45) is 0 Å². The maximum atomic E-state index is 7.98. The Bertz CT molecular complexity index is 1110. The first-order chi connectivity index (χ1) is 17.3. The van der Waals surface area contributed by atoms with Gasteiger partial charge in [0.1, 0.15) is 0 Å². The van der Waals surface area contributed by atoms with Crippen LogP contribution in [0.4, 0.5) is 0 Å². The summed E-state index contributed by atoms with van der Waals surface area (Å²) in [5.41, 5.74) is 6.79. The molecule has 0 N–H and O–H groups in total. The Morgan fingerprint density at radius 3 is 2.00 bits per heavy atom. The zero-order valence-corrected chi connectivity index (χ0v) is 22.6. The van der Waals surface area contributed by atoms with Gasteiger partial charge >= 0.3 is 0 Å². The molecular formula is C33H42OSi. The first-order valence-corrected chi connectivity index (χ1v) is 16.7. The Hall–Kier alpha value is -1.90. The molecule has 2 atom stereocenters. The van der Waals surface area contributed by atoms with E-state index < -0.39 is 8.32 Å². The smallest absolute Gasteiger partial charge is 0.207 e. The van der Waals surface area contributed by atoms with E-state index in [1.54, 1.807) is 5.56 Å². The molecule has 1 nitrogen and oxygen atoms in total. The molecule has 0 radical (unpaired) electrons. The highest BCUT2D eigenvalue weighted by Crippen LogP contribution is 2.61. The summed E-state index contributed by atoms with van der Waals surface area (Å²) >= 11 is 0. The van der Waals surface area contributed by atoms with Crippen LogP contribution < -0.4 is 0 Å². The van der Waals surface area contributed by atoms with Gasteiger partial charge in [0.2, 0.25) is 8.32 Å². The van der Waals surface area contributed by atoms with E-state index in [1.165, 1.54) is 98.9 Å². The SMILES string of the molecule is CCC[C@H]1c2ccc3ccccc3c2[C@@H](c2ccccc2)O[Si]1(C1CCCCC1)C1CCCCC1. The molecule has 35 heavy (non-hydrogen) atoms. The molecule has 0 aromatic heterocycles. The summed E-state index contributed by atoms with van der Waals surface area (Å²) in [5, 5.41) is 2.77. The topological polar surface area (TPSA) is 9.23 Å². The predicted molar refractivity (Wildman–Crippen MR) is 150 cm³/mol. The van der Waals surface area contributed by atoms with E-state index in [-0.39, 0.29) is 6.10 Å². The summed E-state index contributed by atoms with van der Waals surface area (Å²) < 4.78 is 7.98. The van der Waals surface area contributed by atoms with Gasteiger partial charge in [-0.15, -0.1) is 0 Å². The van der Waals surface area contributed by atoms with E-state index in [0.29, 0.717) is 5.54 Å². The van der Waals surface area contributed by atoms with Crippen molar-refractivity contribution in [2.75, 3.05) is 0 Å². The van der Waals surface area contributed by atoms with Crippen molar-refractivity contribution >= 4 is 19.1 Å². The third-order valence-electron chi connectivity index (χ3n) is 9.67. The van der Waals surface area contributed by atoms with Crippen LogP contribution in [0.25, 0.3) is 10.8 Å². The molecule has 0 bridgehead atoms. The van der Waals surface area contributed by atoms with Crippen LogP contribution in [-0.2, 0) is 4.43 Å². The van der Waals surface area contributed by atoms with Crippen LogP contribution >= 0.6 is 0 Å². The van der Waals surface area contributed by atoms with Crippen molar-refractivity contribution in [3.05, 3.63) is 83.4 Å². The summed E-state index contributed by atoms with van der Waals surface area (Å²) in [5.74, 6) is 0. The van der Waals surface area contributed by atoms with Gasteiger partial charge in [-0.2, -0.15) is 0 Å². The largest absolute Gasteiger partial charge is 0.405 e. The maximum Gasteiger partial charge on any atom is 0.207 e. The number of hydrogen-bond acceptors (Lipinski definition) is 1. The Kier molecular flexibility index (Phi) is 6.86. The predicted octanol–water partition coefficient (Wildman–Crippen LogP) is 10.00. The molecule has 2 heteroatoms. The minimum Gasteiger partial charge on any atom is -0.405 e. The highest BCUT2D eigenvalue weighted by molar-refractivity contribution is 6.78. The van der Waals surface area contributed by atoms with Gasteiger partial charge in [-0.3, -0.25) is 0 Å². The number of hydrogen-bond donors (Lipinski definition) is 0. The lowest BCUT2D eigenvalue weighted by Crippen LogP contribution is -2.57. The Morgan fingerprint density at radius 1 is 0.714 bits per heavy atom. The molecule has 0 amide bonds. The lowest BCUT2D eigenvalue weighted by atomic mass is 9.89. The number of benzene rings is 3. The third kappa shape index (κ3) is 4.11. The molecular weight excluding hydrogens is 440 g/mol. The van der Waals surface area contributed by atoms with Gasteiger partial charge in [0, 0.05) is 5.54 Å². The van der Waals surface area contributed by atoms with E-state index in [9.17, 15) is 0 Å². The molecule has 2 aliphatic carbocycles. The lowest BCUT2D eigenvalue weighted by Gasteiger charge is -2.56. The molecule has 184 valence electrons. The average Bonchev–Trinajstić information content (AvgIpc) is 2.94. The molecule has 3 aromatic carbocycles. The average molecular weight is 483 g/mol. The van der Waals surface area contributed by atoms with E-state index in [4.69, 9.17) is 4.43 Å². The van der Waals surface area contributed by atoms with Gasteiger partial charge in [0.05, 0.1) is 6.10 Å². The van der Waals surface area contributed by atoms with Crippen LogP contribution in [0, 0.1) is 0 Å². The minimum absolute atomic E-state index is 0.0842. The first kappa shape index (κ1) is 23.5. The second kappa shape index (κ2) is 10.2. The Labute approximate surface area is 213 Å². The second-order valence-corrected chi connectivity index (χ2v) is 15.8. The fraction of sp³-hybridized carbons (Fsp3) is 0.515. The summed E-state index contributed by atoms with van der Waals surface area (Å²) in [6.07, 6.45) is 16.8. The van der Waals surface area contributed by atoms with Gasteiger partial charge in [0.25, 0.3) is 0 Å². The van der Waals surface area contributed by atoms with Crippen LogP contribution in [0.3, 0.4) is 0 Å². The van der Waals surface area contributed by atoms with Gasteiger partial charge in [-0.25, -0.2) is 0 Å². The van der Waals surface area contributed by atoms with Crippen LogP contribution in [0.15, 0.2) is 66.7 Å². The highest BCUT2D eigenvalue weighted by atomic mass is 28.4. The van der Waals surface area contributed by atoms with Crippen molar-refractivity contribution < 1.29 is 4.43 Å². The molecule has 0 unspecified atom stereocenters. The van der Waals surface area contributed by atoms with Crippen molar-refractivity contribution in [2.45, 2.75) is 107 Å². The summed E-state index contributed by atoms with van der Waals surface area (Å²) in [6.45, 7) is 2.41. The molecule has 0 spiro atoms. The van der Waals surface area contributed by atoms with Crippen molar-refractivity contribution in [1.82, 2.24) is 0 Å². The zero-order valence-electron chi connectivity index (χ0n) is 21.6. The molecule has 3 aromatic rings. The molecule has 1 aliphatic heterocycles. The molecule has 2 saturated carbocycles. The maximum absolute atomic E-state index is 7.98. The van der Waals surface area contributed by atoms with Gasteiger partial charge in [-0.05, 0) is 45.0 Å². The molecule has 1 heterocycles. The van der Waals surface area contributed by atoms with E-state index in [0.717, 1.165) is 11.1 Å². The van der Waals surface area contributed by atoms with Crippen LogP contribution in [-0.4, -0.2) is 8.32 Å².